The molecule has 0 aromatic carbocycles. The zero-order valence-corrected chi connectivity index (χ0v) is 10.7. The number of aromatic amines is 1. The van der Waals surface area contributed by atoms with E-state index in [1.54, 1.807) is 6.07 Å². The molecule has 18 heavy (non-hydrogen) atoms. The minimum absolute atomic E-state index is 0.0304. The monoisotopic (exact) mass is 252 g/mol. The molecule has 1 atom stereocenters. The lowest BCUT2D eigenvalue weighted by Crippen LogP contribution is -2.29. The predicted octanol–water partition coefficient (Wildman–Crippen LogP) is 0.881. The molecule has 6 nitrogen and oxygen atoms in total. The number of aromatic nitrogens is 2. The normalized spacial score (nSPS) is 19.4. The maximum atomic E-state index is 12.1. The van der Waals surface area contributed by atoms with Gasteiger partial charge in [-0.3, -0.25) is 9.89 Å². The van der Waals surface area contributed by atoms with Gasteiger partial charge >= 0.3 is 0 Å². The second-order valence-corrected chi connectivity index (χ2v) is 4.69. The highest BCUT2D eigenvalue weighted by atomic mass is 16.5. The van der Waals surface area contributed by atoms with Crippen LogP contribution in [0, 0.1) is 5.92 Å². The van der Waals surface area contributed by atoms with Gasteiger partial charge in [0.25, 0.3) is 5.91 Å². The zero-order chi connectivity index (χ0) is 13.0. The molecule has 2 heterocycles. The third-order valence-electron chi connectivity index (χ3n) is 3.10. The Labute approximate surface area is 106 Å². The third kappa shape index (κ3) is 3.01. The molecule has 1 amide bonds. The van der Waals surface area contributed by atoms with E-state index in [4.69, 9.17) is 10.5 Å². The Morgan fingerprint density at radius 1 is 1.72 bits per heavy atom. The summed E-state index contributed by atoms with van der Waals surface area (Å²) in [7, 11) is 0. The molecule has 0 saturated carbocycles. The topological polar surface area (TPSA) is 84.2 Å². The maximum Gasteiger partial charge on any atom is 0.271 e. The van der Waals surface area contributed by atoms with E-state index in [9.17, 15) is 4.79 Å². The first-order valence-corrected chi connectivity index (χ1v) is 6.38. The Kier molecular flexibility index (Phi) is 4.19. The van der Waals surface area contributed by atoms with Crippen LogP contribution in [0.5, 0.6) is 0 Å². The van der Waals surface area contributed by atoms with Crippen LogP contribution in [0.2, 0.25) is 0 Å². The number of rotatable bonds is 5. The van der Waals surface area contributed by atoms with Gasteiger partial charge in [-0.1, -0.05) is 6.92 Å². The van der Waals surface area contributed by atoms with E-state index < -0.39 is 0 Å². The van der Waals surface area contributed by atoms with Gasteiger partial charge in [0.05, 0.1) is 6.61 Å². The minimum Gasteiger partial charge on any atom is -0.382 e. The van der Waals surface area contributed by atoms with Gasteiger partial charge in [-0.15, -0.1) is 0 Å². The number of anilines is 1. The van der Waals surface area contributed by atoms with Gasteiger partial charge in [0.1, 0.15) is 11.5 Å². The Hall–Kier alpha value is -1.56. The number of nitrogen functional groups attached to an aromatic ring is 1. The molecule has 1 aliphatic heterocycles. The summed E-state index contributed by atoms with van der Waals surface area (Å²) in [5, 5.41) is 6.42. The minimum atomic E-state index is -0.0304. The number of carbonyl (C=O) groups is 1. The molecule has 6 heteroatoms. The molecule has 0 bridgehead atoms. The number of likely N-dealkylation sites (tertiary alicyclic amines) is 1. The molecule has 100 valence electrons. The maximum absolute atomic E-state index is 12.1. The highest BCUT2D eigenvalue weighted by Crippen LogP contribution is 2.19. The Bertz CT molecular complexity index is 405. The third-order valence-corrected chi connectivity index (χ3v) is 3.10. The van der Waals surface area contributed by atoms with Crippen molar-refractivity contribution in [1.29, 1.82) is 0 Å². The predicted molar refractivity (Wildman–Crippen MR) is 68.1 cm³/mol. The van der Waals surface area contributed by atoms with Crippen molar-refractivity contribution >= 4 is 11.7 Å². The van der Waals surface area contributed by atoms with Crippen molar-refractivity contribution in [2.75, 3.05) is 32.0 Å². The highest BCUT2D eigenvalue weighted by molar-refractivity contribution is 5.93. The van der Waals surface area contributed by atoms with Crippen LogP contribution in [0.3, 0.4) is 0 Å². The van der Waals surface area contributed by atoms with E-state index in [-0.39, 0.29) is 5.91 Å². The molecule has 0 unspecified atom stereocenters. The van der Waals surface area contributed by atoms with Crippen molar-refractivity contribution in [2.45, 2.75) is 19.8 Å². The van der Waals surface area contributed by atoms with E-state index in [0.29, 0.717) is 17.4 Å². The molecule has 1 fully saturated rings. The number of hydrogen-bond donors (Lipinski definition) is 2. The molecule has 0 aliphatic carbocycles. The summed E-state index contributed by atoms with van der Waals surface area (Å²) in [6, 6.07) is 1.57. The molecule has 0 spiro atoms. The number of nitrogens with one attached hydrogen (secondary N) is 1. The van der Waals surface area contributed by atoms with E-state index in [0.717, 1.165) is 39.1 Å². The van der Waals surface area contributed by atoms with Gasteiger partial charge in [-0.05, 0) is 12.8 Å². The van der Waals surface area contributed by atoms with Gasteiger partial charge < -0.3 is 15.4 Å². The molecule has 1 saturated heterocycles. The van der Waals surface area contributed by atoms with E-state index in [1.807, 2.05) is 4.90 Å². The van der Waals surface area contributed by atoms with Crippen LogP contribution < -0.4 is 5.73 Å². The molecule has 3 N–H and O–H groups in total. The number of amides is 1. The summed E-state index contributed by atoms with van der Waals surface area (Å²) < 4.78 is 5.53. The Morgan fingerprint density at radius 3 is 3.22 bits per heavy atom. The first-order valence-electron chi connectivity index (χ1n) is 6.38. The second-order valence-electron chi connectivity index (χ2n) is 4.69. The summed E-state index contributed by atoms with van der Waals surface area (Å²) in [4.78, 5) is 13.9. The first-order chi connectivity index (χ1) is 8.70. The summed E-state index contributed by atoms with van der Waals surface area (Å²) in [6.07, 6.45) is 2.03. The van der Waals surface area contributed by atoms with Crippen LogP contribution in [0.4, 0.5) is 5.82 Å². The smallest absolute Gasteiger partial charge is 0.271 e. The van der Waals surface area contributed by atoms with Gasteiger partial charge in [-0.2, -0.15) is 5.10 Å². The van der Waals surface area contributed by atoms with E-state index in [2.05, 4.69) is 17.1 Å². The largest absolute Gasteiger partial charge is 0.382 e. The SMILES string of the molecule is CCCOC[C@@H]1CCN(C(=O)c2cc(N)n[nH]2)C1. The molecular formula is C12H20N4O2. The van der Waals surface area contributed by atoms with E-state index in [1.165, 1.54) is 0 Å². The molecule has 1 aromatic heterocycles. The fraction of sp³-hybridized carbons (Fsp3) is 0.667. The quantitative estimate of drug-likeness (QED) is 0.762. The molecular weight excluding hydrogens is 232 g/mol. The summed E-state index contributed by atoms with van der Waals surface area (Å²) in [5.74, 6) is 0.762. The van der Waals surface area contributed by atoms with Crippen LogP contribution in [0.15, 0.2) is 6.07 Å². The Morgan fingerprint density at radius 2 is 2.56 bits per heavy atom. The summed E-state index contributed by atoms with van der Waals surface area (Å²) >= 11 is 0. The molecule has 1 aliphatic rings. The van der Waals surface area contributed by atoms with Crippen molar-refractivity contribution in [2.24, 2.45) is 5.92 Å². The number of nitrogens with zero attached hydrogens (tertiary/aromatic N) is 2. The van der Waals surface area contributed by atoms with Crippen LogP contribution in [-0.2, 0) is 4.74 Å². The standard InChI is InChI=1S/C12H20N4O2/c1-2-5-18-8-9-3-4-16(7-9)12(17)10-6-11(13)15-14-10/h6,9H,2-5,7-8H2,1H3,(H3,13,14,15)/t9-/m1/s1. The lowest BCUT2D eigenvalue weighted by molar-refractivity contribution is 0.0749. The van der Waals surface area contributed by atoms with Gasteiger partial charge in [0.15, 0.2) is 0 Å². The molecule has 0 radical (unpaired) electrons. The fourth-order valence-electron chi connectivity index (χ4n) is 2.16. The van der Waals surface area contributed by atoms with Crippen molar-refractivity contribution in [3.8, 4) is 0 Å². The number of carbonyl (C=O) groups excluding carboxylic acids is 1. The van der Waals surface area contributed by atoms with Crippen molar-refractivity contribution in [3.63, 3.8) is 0 Å². The van der Waals surface area contributed by atoms with Crippen molar-refractivity contribution < 1.29 is 9.53 Å². The summed E-state index contributed by atoms with van der Waals surface area (Å²) in [6.45, 7) is 5.15. The second kappa shape index (κ2) is 5.86. The van der Waals surface area contributed by atoms with E-state index >= 15 is 0 Å². The van der Waals surface area contributed by atoms with Crippen LogP contribution in [-0.4, -0.2) is 47.3 Å². The number of nitrogens with two attached hydrogens (primary N) is 1. The van der Waals surface area contributed by atoms with Crippen molar-refractivity contribution in [3.05, 3.63) is 11.8 Å². The van der Waals surface area contributed by atoms with Crippen LogP contribution in [0.25, 0.3) is 0 Å². The van der Waals surface area contributed by atoms with Gasteiger partial charge in [0, 0.05) is 31.7 Å². The average molecular weight is 252 g/mol. The zero-order valence-electron chi connectivity index (χ0n) is 10.7. The number of hydrogen-bond acceptors (Lipinski definition) is 4. The molecule has 2 rings (SSSR count). The number of H-pyrrole nitrogens is 1. The van der Waals surface area contributed by atoms with Crippen LogP contribution >= 0.6 is 0 Å². The summed E-state index contributed by atoms with van der Waals surface area (Å²) in [5.41, 5.74) is 5.95. The van der Waals surface area contributed by atoms with Crippen LogP contribution in [0.1, 0.15) is 30.3 Å². The first kappa shape index (κ1) is 12.9. The van der Waals surface area contributed by atoms with Gasteiger partial charge in [0.2, 0.25) is 0 Å². The number of ether oxygens (including phenoxy) is 1. The fourth-order valence-corrected chi connectivity index (χ4v) is 2.16. The lowest BCUT2D eigenvalue weighted by atomic mass is 10.1. The van der Waals surface area contributed by atoms with Crippen molar-refractivity contribution in [1.82, 2.24) is 15.1 Å². The molecule has 1 aromatic rings. The van der Waals surface area contributed by atoms with Gasteiger partial charge in [-0.25, -0.2) is 0 Å². The lowest BCUT2D eigenvalue weighted by Gasteiger charge is -2.15. The Balaban J connectivity index is 1.83. The highest BCUT2D eigenvalue weighted by Gasteiger charge is 2.27. The average Bonchev–Trinajstić information content (AvgIpc) is 2.98.